The molecule has 144 valence electrons. The van der Waals surface area contributed by atoms with Crippen molar-refractivity contribution in [3.05, 3.63) is 63.6 Å². The maximum Gasteiger partial charge on any atom is 0.243 e. The Balaban J connectivity index is 1.77. The van der Waals surface area contributed by atoms with Crippen LogP contribution in [-0.2, 0) is 14.8 Å². The summed E-state index contributed by atoms with van der Waals surface area (Å²) in [6, 6.07) is 12.7. The monoisotopic (exact) mass is 470 g/mol. The van der Waals surface area contributed by atoms with Crippen molar-refractivity contribution in [1.29, 1.82) is 0 Å². The van der Waals surface area contributed by atoms with Crippen LogP contribution in [-0.4, -0.2) is 31.2 Å². The Morgan fingerprint density at radius 1 is 1.26 bits per heavy atom. The van der Waals surface area contributed by atoms with Crippen molar-refractivity contribution in [2.45, 2.75) is 36.7 Å². The lowest BCUT2D eigenvalue weighted by Crippen LogP contribution is -2.46. The highest BCUT2D eigenvalue weighted by Gasteiger charge is 2.39. The number of benzene rings is 2. The molecule has 2 aromatic rings. The van der Waals surface area contributed by atoms with Gasteiger partial charge in [0.15, 0.2) is 0 Å². The van der Waals surface area contributed by atoms with Gasteiger partial charge in [0.2, 0.25) is 15.9 Å². The summed E-state index contributed by atoms with van der Waals surface area (Å²) in [5.74, 6) is -0.291. The van der Waals surface area contributed by atoms with Gasteiger partial charge in [0.05, 0.1) is 10.9 Å². The Kier molecular flexibility index (Phi) is 6.25. The summed E-state index contributed by atoms with van der Waals surface area (Å²) in [4.78, 5) is 13.0. The molecule has 27 heavy (non-hydrogen) atoms. The van der Waals surface area contributed by atoms with Gasteiger partial charge in [-0.2, -0.15) is 4.31 Å². The van der Waals surface area contributed by atoms with E-state index in [0.29, 0.717) is 24.4 Å². The molecule has 1 fully saturated rings. The van der Waals surface area contributed by atoms with Crippen LogP contribution in [0.1, 0.15) is 31.4 Å². The first-order valence-corrected chi connectivity index (χ1v) is 11.2. The topological polar surface area (TPSA) is 66.5 Å². The minimum atomic E-state index is -3.73. The summed E-state index contributed by atoms with van der Waals surface area (Å²) in [6.07, 6.45) is 1.16. The van der Waals surface area contributed by atoms with E-state index in [1.807, 2.05) is 19.1 Å². The van der Waals surface area contributed by atoms with Gasteiger partial charge in [-0.05, 0) is 61.7 Å². The van der Waals surface area contributed by atoms with Gasteiger partial charge < -0.3 is 5.32 Å². The highest BCUT2D eigenvalue weighted by molar-refractivity contribution is 9.10. The van der Waals surface area contributed by atoms with Crippen LogP contribution in [0.4, 0.5) is 0 Å². The molecule has 8 heteroatoms. The molecule has 1 aliphatic heterocycles. The number of hydrogen-bond acceptors (Lipinski definition) is 3. The lowest BCUT2D eigenvalue weighted by atomic mass is 10.1. The molecule has 0 saturated carbocycles. The number of nitrogens with zero attached hydrogens (tertiary/aromatic N) is 1. The Morgan fingerprint density at radius 2 is 1.96 bits per heavy atom. The zero-order chi connectivity index (χ0) is 19.6. The summed E-state index contributed by atoms with van der Waals surface area (Å²) in [7, 11) is -3.73. The molecule has 3 rings (SSSR count). The second kappa shape index (κ2) is 8.31. The molecule has 2 atom stereocenters. The largest absolute Gasteiger partial charge is 0.348 e. The van der Waals surface area contributed by atoms with Gasteiger partial charge in [-0.15, -0.1) is 0 Å². The highest BCUT2D eigenvalue weighted by Crippen LogP contribution is 2.28. The minimum Gasteiger partial charge on any atom is -0.348 e. The zero-order valence-corrected chi connectivity index (χ0v) is 17.9. The Bertz CT molecular complexity index is 934. The van der Waals surface area contributed by atoms with E-state index < -0.39 is 16.1 Å². The van der Waals surface area contributed by atoms with Crippen molar-refractivity contribution >= 4 is 43.5 Å². The fourth-order valence-electron chi connectivity index (χ4n) is 3.20. The fraction of sp³-hybridized carbons (Fsp3) is 0.316. The number of carbonyl (C=O) groups excluding carboxylic acids is 1. The predicted molar refractivity (Wildman–Crippen MR) is 109 cm³/mol. The molecule has 1 amide bonds. The normalized spacial score (nSPS) is 19.0. The average Bonchev–Trinajstić information content (AvgIpc) is 3.13. The van der Waals surface area contributed by atoms with Crippen LogP contribution < -0.4 is 5.32 Å². The Labute approximate surface area is 172 Å². The van der Waals surface area contributed by atoms with E-state index in [0.717, 1.165) is 10.0 Å². The Hall–Kier alpha value is -1.41. The van der Waals surface area contributed by atoms with Crippen LogP contribution >= 0.6 is 27.5 Å². The van der Waals surface area contributed by atoms with Gasteiger partial charge in [0, 0.05) is 16.0 Å². The van der Waals surface area contributed by atoms with Crippen molar-refractivity contribution in [2.75, 3.05) is 6.54 Å². The van der Waals surface area contributed by atoms with E-state index in [1.165, 1.54) is 4.31 Å². The first-order valence-electron chi connectivity index (χ1n) is 8.62. The zero-order valence-electron chi connectivity index (χ0n) is 14.7. The van der Waals surface area contributed by atoms with Gasteiger partial charge in [0.25, 0.3) is 0 Å². The molecule has 0 bridgehead atoms. The van der Waals surface area contributed by atoms with Crippen LogP contribution in [0.3, 0.4) is 0 Å². The number of amides is 1. The predicted octanol–water partition coefficient (Wildman–Crippen LogP) is 4.13. The number of rotatable bonds is 5. The average molecular weight is 472 g/mol. The second-order valence-electron chi connectivity index (χ2n) is 6.51. The van der Waals surface area contributed by atoms with Crippen molar-refractivity contribution in [3.63, 3.8) is 0 Å². The van der Waals surface area contributed by atoms with Crippen LogP contribution in [0.5, 0.6) is 0 Å². The van der Waals surface area contributed by atoms with E-state index >= 15 is 0 Å². The number of nitrogens with one attached hydrogen (secondary N) is 1. The van der Waals surface area contributed by atoms with Crippen LogP contribution in [0.15, 0.2) is 57.9 Å². The number of halogens is 2. The van der Waals surface area contributed by atoms with Crippen molar-refractivity contribution in [2.24, 2.45) is 0 Å². The maximum atomic E-state index is 13.0. The fourth-order valence-corrected chi connectivity index (χ4v) is 5.32. The summed E-state index contributed by atoms with van der Waals surface area (Å²) < 4.78 is 28.0. The number of sulfonamides is 1. The van der Waals surface area contributed by atoms with Crippen molar-refractivity contribution < 1.29 is 13.2 Å². The van der Waals surface area contributed by atoms with Gasteiger partial charge in [0.1, 0.15) is 6.04 Å². The van der Waals surface area contributed by atoms with E-state index in [-0.39, 0.29) is 16.8 Å². The standard InChI is InChI=1S/C19H20BrClN2O3S/c1-13(14-4-2-5-16(21)12-14)22-19(24)18-6-3-11-23(18)27(25,26)17-9-7-15(20)8-10-17/h2,4-5,7-10,12-13,18H,3,6,11H2,1H3,(H,22,24)/t13-,18+/m0/s1. The lowest BCUT2D eigenvalue weighted by Gasteiger charge is -2.25. The van der Waals surface area contributed by atoms with Gasteiger partial charge in [-0.3, -0.25) is 4.79 Å². The summed E-state index contributed by atoms with van der Waals surface area (Å²) >= 11 is 9.31. The quantitative estimate of drug-likeness (QED) is 0.713. The molecule has 0 radical (unpaired) electrons. The van der Waals surface area contributed by atoms with E-state index in [9.17, 15) is 13.2 Å². The van der Waals surface area contributed by atoms with E-state index in [2.05, 4.69) is 21.2 Å². The number of carbonyl (C=O) groups is 1. The summed E-state index contributed by atoms with van der Waals surface area (Å²) in [6.45, 7) is 2.19. The smallest absolute Gasteiger partial charge is 0.243 e. The minimum absolute atomic E-state index is 0.188. The third-order valence-corrected chi connectivity index (χ3v) is 7.32. The molecule has 5 nitrogen and oxygen atoms in total. The molecule has 0 spiro atoms. The van der Waals surface area contributed by atoms with Crippen LogP contribution in [0, 0.1) is 0 Å². The van der Waals surface area contributed by atoms with Gasteiger partial charge in [-0.1, -0.05) is 39.7 Å². The van der Waals surface area contributed by atoms with Crippen molar-refractivity contribution in [3.8, 4) is 0 Å². The van der Waals surface area contributed by atoms with E-state index in [1.54, 1.807) is 36.4 Å². The molecule has 1 saturated heterocycles. The van der Waals surface area contributed by atoms with Gasteiger partial charge in [-0.25, -0.2) is 8.42 Å². The molecule has 1 N–H and O–H groups in total. The molecule has 2 aromatic carbocycles. The summed E-state index contributed by atoms with van der Waals surface area (Å²) in [5, 5.41) is 3.51. The second-order valence-corrected chi connectivity index (χ2v) is 9.76. The molecule has 0 unspecified atom stereocenters. The molecule has 0 aromatic heterocycles. The molecular formula is C19H20BrClN2O3S. The van der Waals surface area contributed by atoms with Gasteiger partial charge >= 0.3 is 0 Å². The maximum absolute atomic E-state index is 13.0. The SMILES string of the molecule is C[C@H](NC(=O)[C@H]1CCCN1S(=O)(=O)c1ccc(Br)cc1)c1cccc(Cl)c1. The first-order chi connectivity index (χ1) is 12.8. The summed E-state index contributed by atoms with van der Waals surface area (Å²) in [5.41, 5.74) is 0.871. The number of hydrogen-bond donors (Lipinski definition) is 1. The van der Waals surface area contributed by atoms with Crippen LogP contribution in [0.2, 0.25) is 5.02 Å². The molecule has 0 aliphatic carbocycles. The lowest BCUT2D eigenvalue weighted by molar-refractivity contribution is -0.124. The Morgan fingerprint density at radius 3 is 2.63 bits per heavy atom. The third-order valence-electron chi connectivity index (χ3n) is 4.63. The van der Waals surface area contributed by atoms with Crippen molar-refractivity contribution in [1.82, 2.24) is 9.62 Å². The first kappa shape index (κ1) is 20.3. The molecular weight excluding hydrogens is 452 g/mol. The molecule has 1 heterocycles. The molecule has 1 aliphatic rings. The third kappa shape index (κ3) is 4.54. The van der Waals surface area contributed by atoms with E-state index in [4.69, 9.17) is 11.6 Å². The van der Waals surface area contributed by atoms with Crippen LogP contribution in [0.25, 0.3) is 0 Å². The highest BCUT2D eigenvalue weighted by atomic mass is 79.9.